The van der Waals surface area contributed by atoms with Crippen LogP contribution in [0.3, 0.4) is 0 Å². The van der Waals surface area contributed by atoms with E-state index in [4.69, 9.17) is 20.3 Å². The predicted molar refractivity (Wildman–Crippen MR) is 49.7 cm³/mol. The molecule has 1 atom stereocenters. The Balaban J connectivity index is 2.40. The lowest BCUT2D eigenvalue weighted by Crippen LogP contribution is -2.46. The zero-order chi connectivity index (χ0) is 10.6. The van der Waals surface area contributed by atoms with Gasteiger partial charge in [-0.15, -0.1) is 6.58 Å². The molecule has 1 aliphatic rings. The van der Waals surface area contributed by atoms with Crippen LogP contribution in [-0.2, 0) is 14.3 Å². The first-order valence-corrected chi connectivity index (χ1v) is 4.47. The third kappa shape index (κ3) is 2.54. The highest BCUT2D eigenvalue weighted by Gasteiger charge is 2.31. The zero-order valence-corrected chi connectivity index (χ0v) is 7.94. The van der Waals surface area contributed by atoms with Gasteiger partial charge in [0.25, 0.3) is 0 Å². The first-order valence-electron chi connectivity index (χ1n) is 4.47. The molecule has 0 aromatic heterocycles. The number of hydrogen-bond donors (Lipinski definition) is 2. The molecule has 5 nitrogen and oxygen atoms in total. The van der Waals surface area contributed by atoms with Crippen LogP contribution in [0.4, 0.5) is 0 Å². The third-order valence-corrected chi connectivity index (χ3v) is 2.25. The predicted octanol–water partition coefficient (Wildman–Crippen LogP) is 0.108. The van der Waals surface area contributed by atoms with Crippen molar-refractivity contribution in [2.75, 3.05) is 13.2 Å². The normalized spacial score (nSPS) is 21.8. The fourth-order valence-electron chi connectivity index (χ4n) is 1.23. The lowest BCUT2D eigenvalue weighted by Gasteiger charge is -2.21. The molecule has 1 fully saturated rings. The van der Waals surface area contributed by atoms with Gasteiger partial charge in [0.2, 0.25) is 0 Å². The summed E-state index contributed by atoms with van der Waals surface area (Å²) in [4.78, 5) is 10.8. The van der Waals surface area contributed by atoms with Crippen LogP contribution in [0.1, 0.15) is 12.8 Å². The Hall–Kier alpha value is -0.910. The third-order valence-electron chi connectivity index (χ3n) is 2.25. The second-order valence-corrected chi connectivity index (χ2v) is 3.26. The Kier molecular flexibility index (Phi) is 3.62. The summed E-state index contributed by atoms with van der Waals surface area (Å²) in [5.41, 5.74) is 4.21. The summed E-state index contributed by atoms with van der Waals surface area (Å²) in [5, 5.41) is 8.83. The molecule has 1 heterocycles. The van der Waals surface area contributed by atoms with E-state index in [1.165, 1.54) is 6.08 Å². The lowest BCUT2D eigenvalue weighted by atomic mass is 9.95. The van der Waals surface area contributed by atoms with Crippen LogP contribution in [0.25, 0.3) is 0 Å². The van der Waals surface area contributed by atoms with Gasteiger partial charge in [-0.1, -0.05) is 6.08 Å². The van der Waals surface area contributed by atoms with Gasteiger partial charge >= 0.3 is 5.97 Å². The molecule has 14 heavy (non-hydrogen) atoms. The van der Waals surface area contributed by atoms with E-state index in [0.717, 1.165) is 0 Å². The fourth-order valence-corrected chi connectivity index (χ4v) is 1.23. The molecule has 1 aliphatic heterocycles. The summed E-state index contributed by atoms with van der Waals surface area (Å²) < 4.78 is 10.3. The van der Waals surface area contributed by atoms with Crippen LogP contribution in [0.15, 0.2) is 12.7 Å². The summed E-state index contributed by atoms with van der Waals surface area (Å²) in [6, 6.07) is 0. The Morgan fingerprint density at radius 2 is 2.21 bits per heavy atom. The number of nitrogens with two attached hydrogens (primary N) is 1. The van der Waals surface area contributed by atoms with Crippen LogP contribution in [0.5, 0.6) is 0 Å². The van der Waals surface area contributed by atoms with E-state index in [-0.39, 0.29) is 12.7 Å². The topological polar surface area (TPSA) is 81.8 Å². The molecule has 0 bridgehead atoms. The minimum absolute atomic E-state index is 0.260. The average Bonchev–Trinajstić information content (AvgIpc) is 2.66. The molecule has 0 spiro atoms. The van der Waals surface area contributed by atoms with Crippen molar-refractivity contribution in [2.24, 2.45) is 5.73 Å². The largest absolute Gasteiger partial charge is 0.480 e. The molecular weight excluding hydrogens is 186 g/mol. The van der Waals surface area contributed by atoms with E-state index < -0.39 is 11.5 Å². The van der Waals surface area contributed by atoms with Crippen molar-refractivity contribution in [3.8, 4) is 0 Å². The maximum Gasteiger partial charge on any atom is 0.327 e. The monoisotopic (exact) mass is 201 g/mol. The average molecular weight is 201 g/mol. The molecule has 0 aromatic rings. The Morgan fingerprint density at radius 1 is 1.64 bits per heavy atom. The van der Waals surface area contributed by atoms with Gasteiger partial charge in [0.05, 0.1) is 13.2 Å². The molecular formula is C9H15NO4. The van der Waals surface area contributed by atoms with E-state index in [9.17, 15) is 4.79 Å². The highest BCUT2D eigenvalue weighted by molar-refractivity contribution is 5.80. The molecule has 0 radical (unpaired) electrons. The summed E-state index contributed by atoms with van der Waals surface area (Å²) in [5.74, 6) is -1.08. The van der Waals surface area contributed by atoms with Gasteiger partial charge in [-0.05, 0) is 6.42 Å². The zero-order valence-electron chi connectivity index (χ0n) is 7.94. The number of ether oxygens (including phenoxy) is 2. The van der Waals surface area contributed by atoms with E-state index >= 15 is 0 Å². The SMILES string of the molecule is C=CC(N)(CCC1OCCO1)C(=O)O. The molecule has 0 amide bonds. The minimum atomic E-state index is -1.38. The molecule has 1 rings (SSSR count). The molecule has 80 valence electrons. The van der Waals surface area contributed by atoms with Crippen LogP contribution in [-0.4, -0.2) is 36.1 Å². The summed E-state index contributed by atoms with van der Waals surface area (Å²) in [7, 11) is 0. The maximum absolute atomic E-state index is 10.8. The van der Waals surface area contributed by atoms with Crippen molar-refractivity contribution in [1.82, 2.24) is 0 Å². The van der Waals surface area contributed by atoms with Crippen molar-refractivity contribution >= 4 is 5.97 Å². The van der Waals surface area contributed by atoms with Crippen LogP contribution in [0.2, 0.25) is 0 Å². The van der Waals surface area contributed by atoms with Crippen molar-refractivity contribution in [2.45, 2.75) is 24.7 Å². The number of carbonyl (C=O) groups is 1. The highest BCUT2D eigenvalue weighted by atomic mass is 16.7. The molecule has 0 saturated carbocycles. The van der Waals surface area contributed by atoms with Crippen LogP contribution in [0, 0.1) is 0 Å². The number of hydrogen-bond acceptors (Lipinski definition) is 4. The summed E-state index contributed by atoms with van der Waals surface area (Å²) in [6.07, 6.45) is 1.65. The number of carboxylic acid groups (broad SMARTS) is 1. The smallest absolute Gasteiger partial charge is 0.327 e. The van der Waals surface area contributed by atoms with Crippen molar-refractivity contribution in [1.29, 1.82) is 0 Å². The van der Waals surface area contributed by atoms with Crippen molar-refractivity contribution in [3.05, 3.63) is 12.7 Å². The number of aliphatic carboxylic acids is 1. The van der Waals surface area contributed by atoms with Gasteiger partial charge < -0.3 is 20.3 Å². The van der Waals surface area contributed by atoms with Crippen molar-refractivity contribution in [3.63, 3.8) is 0 Å². The summed E-state index contributed by atoms with van der Waals surface area (Å²) >= 11 is 0. The molecule has 3 N–H and O–H groups in total. The summed E-state index contributed by atoms with van der Waals surface area (Å²) in [6.45, 7) is 4.53. The van der Waals surface area contributed by atoms with Gasteiger partial charge in [0.15, 0.2) is 6.29 Å². The number of carboxylic acids is 1. The van der Waals surface area contributed by atoms with Gasteiger partial charge in [-0.2, -0.15) is 0 Å². The number of rotatable bonds is 5. The molecule has 1 saturated heterocycles. The first-order chi connectivity index (χ1) is 6.58. The quantitative estimate of drug-likeness (QED) is 0.617. The van der Waals surface area contributed by atoms with Crippen LogP contribution < -0.4 is 5.73 Å². The van der Waals surface area contributed by atoms with E-state index in [2.05, 4.69) is 6.58 Å². The molecule has 1 unspecified atom stereocenters. The molecule has 0 aliphatic carbocycles. The van der Waals surface area contributed by atoms with E-state index in [1.54, 1.807) is 0 Å². The van der Waals surface area contributed by atoms with E-state index in [1.807, 2.05) is 0 Å². The minimum Gasteiger partial charge on any atom is -0.480 e. The van der Waals surface area contributed by atoms with Crippen LogP contribution >= 0.6 is 0 Å². The Bertz CT molecular complexity index is 225. The Labute approximate surface area is 82.5 Å². The lowest BCUT2D eigenvalue weighted by molar-refractivity contribution is -0.142. The fraction of sp³-hybridized carbons (Fsp3) is 0.667. The molecule has 5 heteroatoms. The Morgan fingerprint density at radius 3 is 2.64 bits per heavy atom. The van der Waals surface area contributed by atoms with Gasteiger partial charge in [0.1, 0.15) is 5.54 Å². The second kappa shape index (κ2) is 4.54. The van der Waals surface area contributed by atoms with Crippen molar-refractivity contribution < 1.29 is 19.4 Å². The molecule has 0 aromatic carbocycles. The maximum atomic E-state index is 10.8. The van der Waals surface area contributed by atoms with Gasteiger partial charge in [0, 0.05) is 6.42 Å². The van der Waals surface area contributed by atoms with E-state index in [0.29, 0.717) is 19.6 Å². The highest BCUT2D eigenvalue weighted by Crippen LogP contribution is 2.17. The van der Waals surface area contributed by atoms with Gasteiger partial charge in [-0.25, -0.2) is 4.79 Å². The van der Waals surface area contributed by atoms with Gasteiger partial charge in [-0.3, -0.25) is 0 Å². The first kappa shape index (κ1) is 11.2. The second-order valence-electron chi connectivity index (χ2n) is 3.26. The standard InChI is InChI=1S/C9H15NO4/c1-2-9(10,8(11)12)4-3-7-13-5-6-14-7/h2,7H,1,3-6,10H2,(H,11,12).